The molecule has 2 aromatic rings. The maximum absolute atomic E-state index is 12.6. The van der Waals surface area contributed by atoms with Crippen LogP contribution in [0.2, 0.25) is 0 Å². The van der Waals surface area contributed by atoms with Crippen LogP contribution >= 0.6 is 0 Å². The fourth-order valence-electron chi connectivity index (χ4n) is 3.26. The van der Waals surface area contributed by atoms with Gasteiger partial charge in [-0.3, -0.25) is 14.5 Å². The van der Waals surface area contributed by atoms with Gasteiger partial charge in [-0.1, -0.05) is 12.1 Å². The molecule has 0 saturated carbocycles. The van der Waals surface area contributed by atoms with Crippen LogP contribution < -0.4 is 24.8 Å². The fourth-order valence-corrected chi connectivity index (χ4v) is 3.26. The van der Waals surface area contributed by atoms with Crippen LogP contribution in [0.1, 0.15) is 12.0 Å². The molecule has 1 atom stereocenters. The topological polar surface area (TPSA) is 106 Å². The molecule has 32 heavy (non-hydrogen) atoms. The standard InChI is InChI=1S/C20H16F3N3O6/c21-20(22,23)32-13-3-1-2-12(7-13)24-17(27)8-14-18(28)26(19(29)25-14)9-11-4-5-15-16(6-11)31-10-30-15/h1-7,14H,8-10H2,(H,24,27)(H,25,29). The van der Waals surface area contributed by atoms with Crippen LogP contribution in [0.3, 0.4) is 0 Å². The number of ether oxygens (including phenoxy) is 3. The predicted octanol–water partition coefficient (Wildman–Crippen LogP) is 2.76. The van der Waals surface area contributed by atoms with Gasteiger partial charge in [0.25, 0.3) is 5.91 Å². The summed E-state index contributed by atoms with van der Waals surface area (Å²) in [6, 6.07) is 7.94. The molecule has 0 aromatic heterocycles. The maximum Gasteiger partial charge on any atom is 0.573 e. The second kappa shape index (κ2) is 8.29. The monoisotopic (exact) mass is 451 g/mol. The molecule has 1 unspecified atom stereocenters. The van der Waals surface area contributed by atoms with Gasteiger partial charge in [-0.2, -0.15) is 0 Å². The third-order valence-electron chi connectivity index (χ3n) is 4.63. The van der Waals surface area contributed by atoms with Gasteiger partial charge in [0.2, 0.25) is 12.7 Å². The van der Waals surface area contributed by atoms with Crippen molar-refractivity contribution in [2.45, 2.75) is 25.4 Å². The number of alkyl halides is 3. The Morgan fingerprint density at radius 3 is 2.72 bits per heavy atom. The lowest BCUT2D eigenvalue weighted by molar-refractivity contribution is -0.274. The third-order valence-corrected chi connectivity index (χ3v) is 4.63. The summed E-state index contributed by atoms with van der Waals surface area (Å²) in [5.74, 6) is -0.711. The Kier molecular flexibility index (Phi) is 5.51. The van der Waals surface area contributed by atoms with Gasteiger partial charge in [0.1, 0.15) is 11.8 Å². The average Bonchev–Trinajstić information content (AvgIpc) is 3.26. The summed E-state index contributed by atoms with van der Waals surface area (Å²) in [5, 5.41) is 4.82. The number of nitrogens with one attached hydrogen (secondary N) is 2. The van der Waals surface area contributed by atoms with E-state index >= 15 is 0 Å². The second-order valence-corrected chi connectivity index (χ2v) is 6.94. The SMILES string of the molecule is O=C(CC1NC(=O)N(Cc2ccc3c(c2)OCO3)C1=O)Nc1cccc(OC(F)(F)F)c1. The molecule has 2 heterocycles. The van der Waals surface area contributed by atoms with Crippen molar-refractivity contribution < 1.29 is 41.8 Å². The second-order valence-electron chi connectivity index (χ2n) is 6.94. The fraction of sp³-hybridized carbons (Fsp3) is 0.250. The van der Waals surface area contributed by atoms with Crippen LogP contribution in [-0.4, -0.2) is 41.9 Å². The highest BCUT2D eigenvalue weighted by Gasteiger charge is 2.39. The molecule has 4 amide bonds. The average molecular weight is 451 g/mol. The molecule has 12 heteroatoms. The van der Waals surface area contributed by atoms with E-state index in [9.17, 15) is 27.6 Å². The molecule has 0 aliphatic carbocycles. The Morgan fingerprint density at radius 2 is 1.94 bits per heavy atom. The van der Waals surface area contributed by atoms with Crippen LogP contribution in [0, 0.1) is 0 Å². The van der Waals surface area contributed by atoms with Crippen LogP contribution in [0.4, 0.5) is 23.7 Å². The normalized spacial score (nSPS) is 17.3. The third kappa shape index (κ3) is 4.85. The highest BCUT2D eigenvalue weighted by molar-refractivity contribution is 6.06. The number of halogens is 3. The van der Waals surface area contributed by atoms with E-state index in [2.05, 4.69) is 15.4 Å². The molecule has 9 nitrogen and oxygen atoms in total. The number of benzene rings is 2. The summed E-state index contributed by atoms with van der Waals surface area (Å²) in [4.78, 5) is 38.1. The first-order valence-electron chi connectivity index (χ1n) is 9.34. The Bertz CT molecular complexity index is 1070. The number of imide groups is 1. The summed E-state index contributed by atoms with van der Waals surface area (Å²) in [7, 11) is 0. The van der Waals surface area contributed by atoms with Crippen molar-refractivity contribution in [1.29, 1.82) is 0 Å². The highest BCUT2D eigenvalue weighted by atomic mass is 19.4. The van der Waals surface area contributed by atoms with Crippen LogP contribution in [0.25, 0.3) is 0 Å². The van der Waals surface area contributed by atoms with Gasteiger partial charge in [-0.15, -0.1) is 13.2 Å². The molecule has 2 aliphatic heterocycles. The lowest BCUT2D eigenvalue weighted by Crippen LogP contribution is -2.34. The van der Waals surface area contributed by atoms with E-state index in [1.807, 2.05) is 0 Å². The molecule has 1 saturated heterocycles. The number of carbonyl (C=O) groups excluding carboxylic acids is 3. The zero-order valence-corrected chi connectivity index (χ0v) is 16.3. The van der Waals surface area contributed by atoms with E-state index in [1.165, 1.54) is 12.1 Å². The molecule has 2 aliphatic rings. The van der Waals surface area contributed by atoms with E-state index in [4.69, 9.17) is 9.47 Å². The molecule has 2 N–H and O–H groups in total. The quantitative estimate of drug-likeness (QED) is 0.655. The minimum atomic E-state index is -4.87. The summed E-state index contributed by atoms with van der Waals surface area (Å²) in [5.41, 5.74) is 0.676. The number of fused-ring (bicyclic) bond motifs is 1. The van der Waals surface area contributed by atoms with Gasteiger partial charge < -0.3 is 24.8 Å². The van der Waals surface area contributed by atoms with Crippen molar-refractivity contribution in [1.82, 2.24) is 10.2 Å². The van der Waals surface area contributed by atoms with Crippen molar-refractivity contribution in [3.8, 4) is 17.2 Å². The van der Waals surface area contributed by atoms with E-state index in [0.29, 0.717) is 17.1 Å². The number of rotatable bonds is 6. The van der Waals surface area contributed by atoms with E-state index in [0.717, 1.165) is 17.0 Å². The van der Waals surface area contributed by atoms with Gasteiger partial charge >= 0.3 is 12.4 Å². The largest absolute Gasteiger partial charge is 0.573 e. The first-order chi connectivity index (χ1) is 15.2. The number of amides is 4. The van der Waals surface area contributed by atoms with Crippen molar-refractivity contribution in [3.63, 3.8) is 0 Å². The smallest absolute Gasteiger partial charge is 0.454 e. The summed E-state index contributed by atoms with van der Waals surface area (Å²) < 4.78 is 51.3. The van der Waals surface area contributed by atoms with Crippen molar-refractivity contribution in [3.05, 3.63) is 48.0 Å². The van der Waals surface area contributed by atoms with Gasteiger partial charge in [0, 0.05) is 11.8 Å². The molecule has 0 radical (unpaired) electrons. The number of urea groups is 1. The molecule has 168 valence electrons. The van der Waals surface area contributed by atoms with Crippen LogP contribution in [-0.2, 0) is 16.1 Å². The first-order valence-corrected chi connectivity index (χ1v) is 9.34. The summed E-state index contributed by atoms with van der Waals surface area (Å²) >= 11 is 0. The zero-order valence-electron chi connectivity index (χ0n) is 16.3. The Morgan fingerprint density at radius 1 is 1.16 bits per heavy atom. The van der Waals surface area contributed by atoms with E-state index in [-0.39, 0.29) is 19.0 Å². The molecular weight excluding hydrogens is 435 g/mol. The van der Waals surface area contributed by atoms with Crippen LogP contribution in [0.15, 0.2) is 42.5 Å². The lowest BCUT2D eigenvalue weighted by atomic mass is 10.1. The van der Waals surface area contributed by atoms with Gasteiger partial charge in [0.15, 0.2) is 11.5 Å². The number of hydrogen-bond acceptors (Lipinski definition) is 6. The number of nitrogens with zero attached hydrogens (tertiary/aromatic N) is 1. The molecule has 0 bridgehead atoms. The molecule has 1 fully saturated rings. The number of carbonyl (C=O) groups is 3. The Hall–Kier alpha value is -3.96. The van der Waals surface area contributed by atoms with Gasteiger partial charge in [-0.25, -0.2) is 4.79 Å². The van der Waals surface area contributed by atoms with Crippen LogP contribution in [0.5, 0.6) is 17.2 Å². The molecule has 4 rings (SSSR count). The van der Waals surface area contributed by atoms with Crippen molar-refractivity contribution in [2.75, 3.05) is 12.1 Å². The number of anilines is 1. The zero-order chi connectivity index (χ0) is 22.9. The van der Waals surface area contributed by atoms with Gasteiger partial charge in [-0.05, 0) is 29.8 Å². The summed E-state index contributed by atoms with van der Waals surface area (Å²) in [6.07, 6.45) is -5.27. The minimum absolute atomic E-state index is 0.0315. The lowest BCUT2D eigenvalue weighted by Gasteiger charge is -2.14. The van der Waals surface area contributed by atoms with E-state index < -0.39 is 42.4 Å². The first kappa shape index (κ1) is 21.3. The molecular formula is C20H16F3N3O6. The maximum atomic E-state index is 12.6. The van der Waals surface area contributed by atoms with E-state index in [1.54, 1.807) is 18.2 Å². The minimum Gasteiger partial charge on any atom is -0.454 e. The summed E-state index contributed by atoms with van der Waals surface area (Å²) in [6.45, 7) is 0.0561. The molecule has 0 spiro atoms. The van der Waals surface area contributed by atoms with Crippen molar-refractivity contribution >= 4 is 23.5 Å². The highest BCUT2D eigenvalue weighted by Crippen LogP contribution is 2.33. The predicted molar refractivity (Wildman–Crippen MR) is 102 cm³/mol. The van der Waals surface area contributed by atoms with Gasteiger partial charge in [0.05, 0.1) is 13.0 Å². The Labute approximate surface area is 179 Å². The molecule has 2 aromatic carbocycles. The van der Waals surface area contributed by atoms with Crippen molar-refractivity contribution in [2.24, 2.45) is 0 Å². The Balaban J connectivity index is 1.36. The number of hydrogen-bond donors (Lipinski definition) is 2.